The van der Waals surface area contributed by atoms with Gasteiger partial charge in [0.05, 0.1) is 10.9 Å². The molecular weight excluding hydrogens is 296 g/mol. The molecule has 20 heavy (non-hydrogen) atoms. The molecule has 0 bridgehead atoms. The SMILES string of the molecule is CCNCc1cc(S(=O)(=O)NC(C)c2nccs2)c[nH]1. The fourth-order valence-electron chi connectivity index (χ4n) is 1.74. The van der Waals surface area contributed by atoms with E-state index in [1.807, 2.05) is 12.3 Å². The first-order valence-electron chi connectivity index (χ1n) is 6.32. The second-order valence-electron chi connectivity index (χ2n) is 4.35. The molecule has 0 spiro atoms. The number of nitrogens with zero attached hydrogens (tertiary/aromatic N) is 1. The molecule has 2 aromatic heterocycles. The molecule has 0 saturated carbocycles. The number of rotatable bonds is 7. The van der Waals surface area contributed by atoms with Gasteiger partial charge in [0.1, 0.15) is 5.01 Å². The first-order chi connectivity index (χ1) is 9.53. The van der Waals surface area contributed by atoms with Crippen LogP contribution in [0.25, 0.3) is 0 Å². The van der Waals surface area contributed by atoms with Gasteiger partial charge in [-0.05, 0) is 19.5 Å². The lowest BCUT2D eigenvalue weighted by atomic mass is 10.4. The molecule has 3 N–H and O–H groups in total. The van der Waals surface area contributed by atoms with Crippen molar-refractivity contribution in [2.45, 2.75) is 31.3 Å². The van der Waals surface area contributed by atoms with Crippen molar-refractivity contribution in [2.24, 2.45) is 0 Å². The molecule has 2 heterocycles. The van der Waals surface area contributed by atoms with Crippen LogP contribution in [0.1, 0.15) is 30.6 Å². The highest BCUT2D eigenvalue weighted by molar-refractivity contribution is 7.89. The molecule has 0 aromatic carbocycles. The largest absolute Gasteiger partial charge is 0.363 e. The van der Waals surface area contributed by atoms with Crippen LogP contribution in [0.5, 0.6) is 0 Å². The number of nitrogens with one attached hydrogen (secondary N) is 3. The second kappa shape index (κ2) is 6.49. The first kappa shape index (κ1) is 15.2. The van der Waals surface area contributed by atoms with Gasteiger partial charge in [-0.1, -0.05) is 6.92 Å². The molecule has 2 rings (SSSR count). The molecular formula is C12H18N4O2S2. The van der Waals surface area contributed by atoms with Crippen LogP contribution in [-0.4, -0.2) is 24.9 Å². The van der Waals surface area contributed by atoms with Gasteiger partial charge in [-0.25, -0.2) is 18.1 Å². The van der Waals surface area contributed by atoms with Crippen molar-refractivity contribution in [2.75, 3.05) is 6.54 Å². The zero-order valence-electron chi connectivity index (χ0n) is 11.4. The van der Waals surface area contributed by atoms with Crippen LogP contribution < -0.4 is 10.0 Å². The van der Waals surface area contributed by atoms with Crippen molar-refractivity contribution >= 4 is 21.4 Å². The Labute approximate surface area is 122 Å². The van der Waals surface area contributed by atoms with Gasteiger partial charge >= 0.3 is 0 Å². The Balaban J connectivity index is 2.08. The van der Waals surface area contributed by atoms with Gasteiger partial charge in [0.25, 0.3) is 0 Å². The van der Waals surface area contributed by atoms with Crippen LogP contribution in [0.4, 0.5) is 0 Å². The smallest absolute Gasteiger partial charge is 0.242 e. The lowest BCUT2D eigenvalue weighted by molar-refractivity contribution is 0.566. The normalized spacial score (nSPS) is 13.5. The monoisotopic (exact) mass is 314 g/mol. The Bertz CT molecular complexity index is 634. The van der Waals surface area contributed by atoms with Gasteiger partial charge in [-0.2, -0.15) is 0 Å². The van der Waals surface area contributed by atoms with Gasteiger partial charge in [-0.3, -0.25) is 0 Å². The quantitative estimate of drug-likeness (QED) is 0.725. The molecule has 6 nitrogen and oxygen atoms in total. The minimum atomic E-state index is -3.53. The fourth-order valence-corrected chi connectivity index (χ4v) is 3.68. The average Bonchev–Trinajstić information content (AvgIpc) is 3.07. The molecule has 0 aliphatic carbocycles. The first-order valence-corrected chi connectivity index (χ1v) is 8.69. The topological polar surface area (TPSA) is 86.9 Å². The standard InChI is InChI=1S/C12H18N4O2S2/c1-3-13-7-10-6-11(8-15-10)20(17,18)16-9(2)12-14-4-5-19-12/h4-6,8-9,13,15-16H,3,7H2,1-2H3. The highest BCUT2D eigenvalue weighted by atomic mass is 32.2. The van der Waals surface area contributed by atoms with Gasteiger partial charge in [-0.15, -0.1) is 11.3 Å². The summed E-state index contributed by atoms with van der Waals surface area (Å²) in [6, 6.07) is 1.30. The van der Waals surface area contributed by atoms with E-state index in [1.54, 1.807) is 19.2 Å². The van der Waals surface area contributed by atoms with Crippen molar-refractivity contribution < 1.29 is 8.42 Å². The van der Waals surface area contributed by atoms with Crippen molar-refractivity contribution in [1.82, 2.24) is 20.0 Å². The fraction of sp³-hybridized carbons (Fsp3) is 0.417. The molecule has 2 aromatic rings. The van der Waals surface area contributed by atoms with Crippen LogP contribution in [0.2, 0.25) is 0 Å². The molecule has 0 saturated heterocycles. The molecule has 1 atom stereocenters. The van der Waals surface area contributed by atoms with Crippen molar-refractivity contribution in [3.8, 4) is 0 Å². The van der Waals surface area contributed by atoms with E-state index >= 15 is 0 Å². The summed E-state index contributed by atoms with van der Waals surface area (Å²) in [6.45, 7) is 5.23. The number of hydrogen-bond donors (Lipinski definition) is 3. The summed E-state index contributed by atoms with van der Waals surface area (Å²) in [5.41, 5.74) is 0.842. The van der Waals surface area contributed by atoms with E-state index in [0.717, 1.165) is 17.2 Å². The summed E-state index contributed by atoms with van der Waals surface area (Å²) in [5.74, 6) is 0. The number of hydrogen-bond acceptors (Lipinski definition) is 5. The van der Waals surface area contributed by atoms with E-state index in [-0.39, 0.29) is 10.9 Å². The Hall–Kier alpha value is -1.22. The molecule has 0 radical (unpaired) electrons. The Morgan fingerprint density at radius 3 is 2.95 bits per heavy atom. The summed E-state index contributed by atoms with van der Waals surface area (Å²) in [4.78, 5) is 7.32. The molecule has 110 valence electrons. The molecule has 8 heteroatoms. The zero-order valence-corrected chi connectivity index (χ0v) is 13.0. The minimum Gasteiger partial charge on any atom is -0.363 e. The number of aromatic nitrogens is 2. The number of aromatic amines is 1. The third kappa shape index (κ3) is 3.66. The summed E-state index contributed by atoms with van der Waals surface area (Å²) >= 11 is 1.43. The summed E-state index contributed by atoms with van der Waals surface area (Å²) < 4.78 is 27.1. The van der Waals surface area contributed by atoms with Crippen LogP contribution in [-0.2, 0) is 16.6 Å². The Morgan fingerprint density at radius 2 is 2.30 bits per heavy atom. The molecule has 0 aliphatic heterocycles. The molecule has 0 fully saturated rings. The highest BCUT2D eigenvalue weighted by Crippen LogP contribution is 2.19. The third-order valence-corrected chi connectivity index (χ3v) is 5.22. The van der Waals surface area contributed by atoms with Crippen molar-refractivity contribution in [1.29, 1.82) is 0 Å². The summed E-state index contributed by atoms with van der Waals surface area (Å²) in [5, 5.41) is 5.71. The zero-order chi connectivity index (χ0) is 14.6. The summed E-state index contributed by atoms with van der Waals surface area (Å²) in [7, 11) is -3.53. The van der Waals surface area contributed by atoms with E-state index in [9.17, 15) is 8.42 Å². The minimum absolute atomic E-state index is 0.244. The molecule has 0 amide bonds. The molecule has 1 unspecified atom stereocenters. The van der Waals surface area contributed by atoms with Crippen LogP contribution in [0.3, 0.4) is 0 Å². The van der Waals surface area contributed by atoms with Crippen LogP contribution in [0.15, 0.2) is 28.7 Å². The number of sulfonamides is 1. The van der Waals surface area contributed by atoms with Crippen LogP contribution >= 0.6 is 11.3 Å². The number of thiazole rings is 1. The van der Waals surface area contributed by atoms with Gasteiger partial charge in [0.15, 0.2) is 0 Å². The van der Waals surface area contributed by atoms with Crippen molar-refractivity contribution in [3.63, 3.8) is 0 Å². The summed E-state index contributed by atoms with van der Waals surface area (Å²) in [6.07, 6.45) is 3.17. The van der Waals surface area contributed by atoms with E-state index in [1.165, 1.54) is 17.5 Å². The van der Waals surface area contributed by atoms with Gasteiger partial charge in [0, 0.05) is 30.0 Å². The maximum atomic E-state index is 12.3. The van der Waals surface area contributed by atoms with E-state index < -0.39 is 10.0 Å². The highest BCUT2D eigenvalue weighted by Gasteiger charge is 2.20. The maximum absolute atomic E-state index is 12.3. The lowest BCUT2D eigenvalue weighted by Gasteiger charge is -2.10. The predicted molar refractivity (Wildman–Crippen MR) is 79.0 cm³/mol. The Kier molecular flexibility index (Phi) is 4.92. The molecule has 0 aliphatic rings. The third-order valence-electron chi connectivity index (χ3n) is 2.75. The second-order valence-corrected chi connectivity index (χ2v) is 6.99. The van der Waals surface area contributed by atoms with Gasteiger partial charge in [0.2, 0.25) is 10.0 Å². The maximum Gasteiger partial charge on any atom is 0.242 e. The average molecular weight is 314 g/mol. The van der Waals surface area contributed by atoms with E-state index in [0.29, 0.717) is 6.54 Å². The Morgan fingerprint density at radius 1 is 1.50 bits per heavy atom. The lowest BCUT2D eigenvalue weighted by Crippen LogP contribution is -2.26. The van der Waals surface area contributed by atoms with Crippen LogP contribution in [0, 0.1) is 0 Å². The van der Waals surface area contributed by atoms with Crippen molar-refractivity contribution in [3.05, 3.63) is 34.5 Å². The number of H-pyrrole nitrogens is 1. The van der Waals surface area contributed by atoms with E-state index in [2.05, 4.69) is 20.0 Å². The van der Waals surface area contributed by atoms with Gasteiger partial charge < -0.3 is 10.3 Å². The van der Waals surface area contributed by atoms with E-state index in [4.69, 9.17) is 0 Å². The predicted octanol–water partition coefficient (Wildman–Crippen LogP) is 1.62.